The van der Waals surface area contributed by atoms with Gasteiger partial charge in [0.1, 0.15) is 5.69 Å². The summed E-state index contributed by atoms with van der Waals surface area (Å²) in [5.41, 5.74) is 5.26. The highest BCUT2D eigenvalue weighted by Crippen LogP contribution is 2.39. The topological polar surface area (TPSA) is 96.5 Å². The van der Waals surface area contributed by atoms with E-state index in [4.69, 9.17) is 10.8 Å². The van der Waals surface area contributed by atoms with E-state index in [1.54, 1.807) is 0 Å². The van der Waals surface area contributed by atoms with Gasteiger partial charge in [0.2, 0.25) is 0 Å². The van der Waals surface area contributed by atoms with Gasteiger partial charge in [0.15, 0.2) is 0 Å². The molecule has 0 saturated carbocycles. The van der Waals surface area contributed by atoms with Crippen molar-refractivity contribution in [2.45, 2.75) is 6.18 Å². The number of halogens is 3. The summed E-state index contributed by atoms with van der Waals surface area (Å²) in [6.07, 6.45) is -3.36. The van der Waals surface area contributed by atoms with Crippen LogP contribution in [-0.4, -0.2) is 41.2 Å². The highest BCUT2D eigenvalue weighted by Gasteiger charge is 2.52. The van der Waals surface area contributed by atoms with Crippen molar-refractivity contribution in [3.05, 3.63) is 24.0 Å². The first-order chi connectivity index (χ1) is 9.70. The largest absolute Gasteiger partial charge is 0.481 e. The standard InChI is InChI=1S/C12H12F3N3O3/c13-12(14,15)8-5-18(4-7(8)11(20)21)6-1-2-17-9(3-6)10(16)19/h1-3,7-8H,4-5H2,(H2,16,19)(H,20,21)/t7-,8-/m1/s1. The maximum absolute atomic E-state index is 12.9. The summed E-state index contributed by atoms with van der Waals surface area (Å²) in [6, 6.07) is 2.66. The summed E-state index contributed by atoms with van der Waals surface area (Å²) in [7, 11) is 0. The second-order valence-corrected chi connectivity index (χ2v) is 4.76. The van der Waals surface area contributed by atoms with Crippen LogP contribution in [0.2, 0.25) is 0 Å². The van der Waals surface area contributed by atoms with E-state index in [9.17, 15) is 22.8 Å². The third-order valence-corrected chi connectivity index (χ3v) is 3.42. The van der Waals surface area contributed by atoms with Crippen LogP contribution in [0.15, 0.2) is 18.3 Å². The lowest BCUT2D eigenvalue weighted by molar-refractivity contribution is -0.187. The summed E-state index contributed by atoms with van der Waals surface area (Å²) in [5.74, 6) is -5.81. The van der Waals surface area contributed by atoms with E-state index in [-0.39, 0.29) is 17.9 Å². The van der Waals surface area contributed by atoms with Crippen LogP contribution in [0, 0.1) is 11.8 Å². The van der Waals surface area contributed by atoms with Crippen molar-refractivity contribution in [1.82, 2.24) is 4.98 Å². The molecule has 2 rings (SSSR count). The van der Waals surface area contributed by atoms with Gasteiger partial charge in [0.05, 0.1) is 11.8 Å². The number of nitrogens with zero attached hydrogens (tertiary/aromatic N) is 2. The number of aromatic nitrogens is 1. The number of hydrogen-bond donors (Lipinski definition) is 2. The molecule has 0 aliphatic carbocycles. The van der Waals surface area contributed by atoms with Crippen LogP contribution in [0.25, 0.3) is 0 Å². The molecule has 1 aromatic rings. The molecule has 6 nitrogen and oxygen atoms in total. The number of amides is 1. The summed E-state index contributed by atoms with van der Waals surface area (Å²) in [4.78, 5) is 27.0. The normalized spacial score (nSPS) is 22.3. The van der Waals surface area contributed by atoms with Crippen molar-refractivity contribution in [1.29, 1.82) is 0 Å². The number of anilines is 1. The number of hydrogen-bond acceptors (Lipinski definition) is 4. The fraction of sp³-hybridized carbons (Fsp3) is 0.417. The van der Waals surface area contributed by atoms with E-state index < -0.39 is 36.4 Å². The van der Waals surface area contributed by atoms with Crippen LogP contribution in [0.3, 0.4) is 0 Å². The van der Waals surface area contributed by atoms with E-state index in [1.165, 1.54) is 23.2 Å². The Morgan fingerprint density at radius 1 is 1.38 bits per heavy atom. The summed E-state index contributed by atoms with van der Waals surface area (Å²) in [6.45, 7) is -0.773. The zero-order valence-electron chi connectivity index (χ0n) is 10.7. The molecule has 2 atom stereocenters. The van der Waals surface area contributed by atoms with Crippen LogP contribution in [0.5, 0.6) is 0 Å². The predicted octanol–water partition coefficient (Wildman–Crippen LogP) is 0.880. The quantitative estimate of drug-likeness (QED) is 0.864. The minimum Gasteiger partial charge on any atom is -0.481 e. The molecular weight excluding hydrogens is 291 g/mol. The molecule has 9 heteroatoms. The molecule has 1 saturated heterocycles. The molecule has 0 spiro atoms. The fourth-order valence-corrected chi connectivity index (χ4v) is 2.35. The Morgan fingerprint density at radius 2 is 2.05 bits per heavy atom. The number of carboxylic acids is 1. The minimum atomic E-state index is -4.60. The number of pyridine rings is 1. The van der Waals surface area contributed by atoms with E-state index in [2.05, 4.69) is 4.98 Å². The zero-order chi connectivity index (χ0) is 15.8. The number of rotatable bonds is 3. The molecule has 3 N–H and O–H groups in total. The fourth-order valence-electron chi connectivity index (χ4n) is 2.35. The third kappa shape index (κ3) is 3.06. The Bertz CT molecular complexity index is 576. The Kier molecular flexibility index (Phi) is 3.75. The second kappa shape index (κ2) is 5.23. The zero-order valence-corrected chi connectivity index (χ0v) is 10.7. The van der Waals surface area contributed by atoms with E-state index in [1.807, 2.05) is 0 Å². The lowest BCUT2D eigenvalue weighted by atomic mass is 9.96. The Labute approximate surface area is 117 Å². The number of nitrogens with two attached hydrogens (primary N) is 1. The molecule has 1 aliphatic rings. The van der Waals surface area contributed by atoms with Gasteiger partial charge in [-0.25, -0.2) is 0 Å². The molecule has 0 radical (unpaired) electrons. The van der Waals surface area contributed by atoms with Crippen LogP contribution in [-0.2, 0) is 4.79 Å². The lowest BCUT2D eigenvalue weighted by Crippen LogP contribution is -2.33. The van der Waals surface area contributed by atoms with Crippen LogP contribution in [0.4, 0.5) is 18.9 Å². The Morgan fingerprint density at radius 3 is 2.52 bits per heavy atom. The molecular formula is C12H12F3N3O3. The Hall–Kier alpha value is -2.32. The maximum atomic E-state index is 12.9. The molecule has 2 heterocycles. The molecule has 0 unspecified atom stereocenters. The minimum absolute atomic E-state index is 0.0881. The monoisotopic (exact) mass is 303 g/mol. The molecule has 21 heavy (non-hydrogen) atoms. The van der Waals surface area contributed by atoms with Crippen molar-refractivity contribution < 1.29 is 27.9 Å². The van der Waals surface area contributed by atoms with Gasteiger partial charge in [-0.05, 0) is 12.1 Å². The second-order valence-electron chi connectivity index (χ2n) is 4.76. The molecule has 0 bridgehead atoms. The van der Waals surface area contributed by atoms with Gasteiger partial charge in [-0.15, -0.1) is 0 Å². The number of carbonyl (C=O) groups is 2. The maximum Gasteiger partial charge on any atom is 0.394 e. The van der Waals surface area contributed by atoms with Crippen molar-refractivity contribution >= 4 is 17.6 Å². The smallest absolute Gasteiger partial charge is 0.394 e. The van der Waals surface area contributed by atoms with E-state index >= 15 is 0 Å². The first-order valence-electron chi connectivity index (χ1n) is 6.00. The summed E-state index contributed by atoms with van der Waals surface area (Å²) >= 11 is 0. The van der Waals surface area contributed by atoms with Gasteiger partial charge in [-0.3, -0.25) is 14.6 Å². The molecule has 1 aliphatic heterocycles. The van der Waals surface area contributed by atoms with Gasteiger partial charge in [0, 0.05) is 25.0 Å². The van der Waals surface area contributed by atoms with Crippen LogP contribution in [0.1, 0.15) is 10.5 Å². The van der Waals surface area contributed by atoms with Gasteiger partial charge >= 0.3 is 12.1 Å². The molecule has 1 aromatic heterocycles. The molecule has 1 amide bonds. The van der Waals surface area contributed by atoms with Gasteiger partial charge in [0.25, 0.3) is 5.91 Å². The van der Waals surface area contributed by atoms with Gasteiger partial charge < -0.3 is 15.7 Å². The SMILES string of the molecule is NC(=O)c1cc(N2C[C@@H](C(F)(F)F)[C@H](C(=O)O)C2)ccn1. The van der Waals surface area contributed by atoms with Crippen LogP contribution < -0.4 is 10.6 Å². The number of carbonyl (C=O) groups excluding carboxylic acids is 1. The first-order valence-corrected chi connectivity index (χ1v) is 6.00. The first kappa shape index (κ1) is 15.1. The van der Waals surface area contributed by atoms with Crippen LogP contribution >= 0.6 is 0 Å². The Balaban J connectivity index is 2.29. The number of aliphatic carboxylic acids is 1. The van der Waals surface area contributed by atoms with E-state index in [0.717, 1.165) is 0 Å². The number of alkyl halides is 3. The summed E-state index contributed by atoms with van der Waals surface area (Å²) in [5, 5.41) is 8.94. The summed E-state index contributed by atoms with van der Waals surface area (Å²) < 4.78 is 38.7. The highest BCUT2D eigenvalue weighted by atomic mass is 19.4. The van der Waals surface area contributed by atoms with Crippen molar-refractivity contribution in [2.75, 3.05) is 18.0 Å². The van der Waals surface area contributed by atoms with Gasteiger partial charge in [-0.2, -0.15) is 13.2 Å². The number of carboxylic acid groups (broad SMARTS) is 1. The molecule has 1 fully saturated rings. The third-order valence-electron chi connectivity index (χ3n) is 3.42. The lowest BCUT2D eigenvalue weighted by Gasteiger charge is -2.19. The average Bonchev–Trinajstić information content (AvgIpc) is 2.84. The van der Waals surface area contributed by atoms with Crippen molar-refractivity contribution in [2.24, 2.45) is 17.6 Å². The van der Waals surface area contributed by atoms with E-state index in [0.29, 0.717) is 0 Å². The van der Waals surface area contributed by atoms with Gasteiger partial charge in [-0.1, -0.05) is 0 Å². The highest BCUT2D eigenvalue weighted by molar-refractivity contribution is 5.91. The predicted molar refractivity (Wildman–Crippen MR) is 65.6 cm³/mol. The van der Waals surface area contributed by atoms with Crippen molar-refractivity contribution in [3.63, 3.8) is 0 Å². The molecule has 114 valence electrons. The number of primary amides is 1. The average molecular weight is 303 g/mol. The molecule has 0 aromatic carbocycles. The van der Waals surface area contributed by atoms with Crippen molar-refractivity contribution in [3.8, 4) is 0 Å².